The molecule has 0 N–H and O–H groups in total. The van der Waals surface area contributed by atoms with Gasteiger partial charge < -0.3 is 0 Å². The SMILES string of the molecule is CC1(C#N)CC2(C1)CS(=O)(=O)C2. The Kier molecular flexibility index (Phi) is 1.24. The summed E-state index contributed by atoms with van der Waals surface area (Å²) in [7, 11) is -2.72. The topological polar surface area (TPSA) is 57.9 Å². The molecule has 1 heterocycles. The predicted molar refractivity (Wildman–Crippen MR) is 44.0 cm³/mol. The summed E-state index contributed by atoms with van der Waals surface area (Å²) in [6.45, 7) is 1.91. The first-order valence-electron chi connectivity index (χ1n) is 4.01. The van der Waals surface area contributed by atoms with Crippen LogP contribution in [0.3, 0.4) is 0 Å². The van der Waals surface area contributed by atoms with E-state index in [4.69, 9.17) is 5.26 Å². The van der Waals surface area contributed by atoms with Crippen molar-refractivity contribution in [3.63, 3.8) is 0 Å². The third-order valence-electron chi connectivity index (χ3n) is 2.85. The monoisotopic (exact) mass is 185 g/mol. The molecule has 0 amide bonds. The summed E-state index contributed by atoms with van der Waals surface area (Å²) in [5, 5.41) is 8.73. The number of nitrogens with zero attached hydrogens (tertiary/aromatic N) is 1. The molecule has 0 bridgehead atoms. The number of hydrogen-bond acceptors (Lipinski definition) is 3. The first-order chi connectivity index (χ1) is 5.39. The van der Waals surface area contributed by atoms with Crippen LogP contribution in [0.1, 0.15) is 19.8 Å². The number of hydrogen-bond donors (Lipinski definition) is 0. The molecule has 0 aromatic heterocycles. The highest BCUT2D eigenvalue weighted by Crippen LogP contribution is 2.59. The van der Waals surface area contributed by atoms with Gasteiger partial charge in [0.05, 0.1) is 23.0 Å². The summed E-state index contributed by atoms with van der Waals surface area (Å²) < 4.78 is 21.8. The molecule has 2 rings (SSSR count). The summed E-state index contributed by atoms with van der Waals surface area (Å²) in [6, 6.07) is 2.23. The van der Waals surface area contributed by atoms with Gasteiger partial charge in [-0.1, -0.05) is 0 Å². The third-order valence-corrected chi connectivity index (χ3v) is 4.96. The van der Waals surface area contributed by atoms with Crippen molar-refractivity contribution in [2.24, 2.45) is 10.8 Å². The van der Waals surface area contributed by atoms with E-state index >= 15 is 0 Å². The second-order valence-corrected chi connectivity index (χ2v) is 6.62. The molecule has 66 valence electrons. The van der Waals surface area contributed by atoms with E-state index in [-0.39, 0.29) is 10.8 Å². The van der Waals surface area contributed by atoms with E-state index in [0.717, 1.165) is 12.8 Å². The Morgan fingerprint density at radius 2 is 1.83 bits per heavy atom. The molecule has 0 atom stereocenters. The maximum atomic E-state index is 10.9. The van der Waals surface area contributed by atoms with Crippen LogP contribution in [0.15, 0.2) is 0 Å². The van der Waals surface area contributed by atoms with Gasteiger partial charge >= 0.3 is 0 Å². The van der Waals surface area contributed by atoms with Crippen molar-refractivity contribution in [2.75, 3.05) is 11.5 Å². The molecule has 1 spiro atoms. The van der Waals surface area contributed by atoms with E-state index < -0.39 is 9.84 Å². The molecule has 4 heteroatoms. The second kappa shape index (κ2) is 1.85. The van der Waals surface area contributed by atoms with E-state index in [1.165, 1.54) is 0 Å². The fourth-order valence-electron chi connectivity index (χ4n) is 2.78. The van der Waals surface area contributed by atoms with Gasteiger partial charge in [0.1, 0.15) is 0 Å². The molecule has 1 saturated carbocycles. The van der Waals surface area contributed by atoms with Crippen LogP contribution in [-0.2, 0) is 9.84 Å². The minimum atomic E-state index is -2.72. The maximum absolute atomic E-state index is 10.9. The zero-order chi connectivity index (χ0) is 9.04. The lowest BCUT2D eigenvalue weighted by atomic mass is 9.55. The quantitative estimate of drug-likeness (QED) is 0.559. The fourth-order valence-corrected chi connectivity index (χ4v) is 4.97. The summed E-state index contributed by atoms with van der Waals surface area (Å²) >= 11 is 0. The van der Waals surface area contributed by atoms with Crippen molar-refractivity contribution < 1.29 is 8.42 Å². The molecule has 12 heavy (non-hydrogen) atoms. The van der Waals surface area contributed by atoms with Gasteiger partial charge in [-0.3, -0.25) is 0 Å². The largest absolute Gasteiger partial charge is 0.229 e. The summed E-state index contributed by atoms with van der Waals surface area (Å²) in [5.74, 6) is 0.633. The van der Waals surface area contributed by atoms with Gasteiger partial charge in [-0.05, 0) is 19.8 Å². The zero-order valence-corrected chi connectivity index (χ0v) is 7.82. The van der Waals surface area contributed by atoms with E-state index in [0.29, 0.717) is 11.5 Å². The van der Waals surface area contributed by atoms with Crippen LogP contribution in [0.5, 0.6) is 0 Å². The smallest absolute Gasteiger partial charge is 0.151 e. The van der Waals surface area contributed by atoms with Crippen LogP contribution in [0.2, 0.25) is 0 Å². The average molecular weight is 185 g/mol. The Morgan fingerprint density at radius 1 is 1.33 bits per heavy atom. The third kappa shape index (κ3) is 0.962. The van der Waals surface area contributed by atoms with Crippen molar-refractivity contribution in [1.29, 1.82) is 5.26 Å². The van der Waals surface area contributed by atoms with E-state index in [2.05, 4.69) is 6.07 Å². The van der Waals surface area contributed by atoms with Gasteiger partial charge in [-0.15, -0.1) is 0 Å². The van der Waals surface area contributed by atoms with Crippen LogP contribution in [0, 0.1) is 22.2 Å². The van der Waals surface area contributed by atoms with Crippen LogP contribution < -0.4 is 0 Å². The van der Waals surface area contributed by atoms with Gasteiger partial charge in [-0.2, -0.15) is 5.26 Å². The summed E-state index contributed by atoms with van der Waals surface area (Å²) in [5.41, 5.74) is -0.237. The minimum Gasteiger partial charge on any atom is -0.229 e. The van der Waals surface area contributed by atoms with Gasteiger partial charge in [0, 0.05) is 5.41 Å². The Morgan fingerprint density at radius 3 is 2.17 bits per heavy atom. The van der Waals surface area contributed by atoms with Crippen molar-refractivity contribution in [3.8, 4) is 6.07 Å². The molecule has 1 aliphatic heterocycles. The number of rotatable bonds is 0. The molecule has 0 radical (unpaired) electrons. The van der Waals surface area contributed by atoms with Crippen LogP contribution in [-0.4, -0.2) is 19.9 Å². The maximum Gasteiger partial charge on any atom is 0.151 e. The Bertz CT molecular complexity index is 343. The minimum absolute atomic E-state index is 0.00329. The normalized spacial score (nSPS) is 33.0. The molecule has 2 fully saturated rings. The average Bonchev–Trinajstić information content (AvgIpc) is 1.80. The Labute approximate surface area is 72.3 Å². The molecule has 2 aliphatic rings. The van der Waals surface area contributed by atoms with E-state index in [1.807, 2.05) is 6.92 Å². The molecule has 1 saturated heterocycles. The van der Waals surface area contributed by atoms with Gasteiger partial charge in [-0.25, -0.2) is 8.42 Å². The molecule has 0 unspecified atom stereocenters. The second-order valence-electron chi connectivity index (χ2n) is 4.56. The number of sulfone groups is 1. The lowest BCUT2D eigenvalue weighted by molar-refractivity contribution is 0.0441. The molecule has 0 aromatic rings. The Balaban J connectivity index is 2.05. The highest BCUT2D eigenvalue weighted by atomic mass is 32.2. The molecular formula is C8H11NO2S. The van der Waals surface area contributed by atoms with Crippen LogP contribution in [0.25, 0.3) is 0 Å². The van der Waals surface area contributed by atoms with Crippen molar-refractivity contribution >= 4 is 9.84 Å². The summed E-state index contributed by atoms with van der Waals surface area (Å²) in [6.07, 6.45) is 1.55. The molecular weight excluding hydrogens is 174 g/mol. The first-order valence-corrected chi connectivity index (χ1v) is 5.83. The summed E-state index contributed by atoms with van der Waals surface area (Å²) in [4.78, 5) is 0. The molecule has 1 aliphatic carbocycles. The molecule has 3 nitrogen and oxygen atoms in total. The predicted octanol–water partition coefficient (Wildman–Crippen LogP) is 0.725. The van der Waals surface area contributed by atoms with Crippen molar-refractivity contribution in [1.82, 2.24) is 0 Å². The van der Waals surface area contributed by atoms with Crippen LogP contribution in [0.4, 0.5) is 0 Å². The van der Waals surface area contributed by atoms with Crippen LogP contribution >= 0.6 is 0 Å². The standard InChI is InChI=1S/C8H11NO2S/c1-7(4-9)2-8(3-7)5-12(10,11)6-8/h2-3,5-6H2,1H3. The highest BCUT2D eigenvalue weighted by Gasteiger charge is 2.61. The molecule has 0 aromatic carbocycles. The van der Waals surface area contributed by atoms with Gasteiger partial charge in [0.15, 0.2) is 9.84 Å². The highest BCUT2D eigenvalue weighted by molar-refractivity contribution is 7.92. The Hall–Kier alpha value is -0.560. The van der Waals surface area contributed by atoms with Gasteiger partial charge in [0.25, 0.3) is 0 Å². The number of nitriles is 1. The van der Waals surface area contributed by atoms with E-state index in [9.17, 15) is 8.42 Å². The fraction of sp³-hybridized carbons (Fsp3) is 0.875. The zero-order valence-electron chi connectivity index (χ0n) is 7.00. The van der Waals surface area contributed by atoms with Crippen molar-refractivity contribution in [2.45, 2.75) is 19.8 Å². The van der Waals surface area contributed by atoms with Gasteiger partial charge in [0.2, 0.25) is 0 Å². The van der Waals surface area contributed by atoms with E-state index in [1.54, 1.807) is 0 Å². The lowest BCUT2D eigenvalue weighted by Gasteiger charge is -2.55. The lowest BCUT2D eigenvalue weighted by Crippen LogP contribution is -2.59. The van der Waals surface area contributed by atoms with Crippen molar-refractivity contribution in [3.05, 3.63) is 0 Å². The first kappa shape index (κ1) is 8.06.